The fraction of sp³-hybridized carbons (Fsp3) is 0.318. The second-order valence-electron chi connectivity index (χ2n) is 7.20. The topological polar surface area (TPSA) is 83.3 Å². The van der Waals surface area contributed by atoms with E-state index in [9.17, 15) is 4.79 Å². The molecule has 4 rings (SSSR count). The van der Waals surface area contributed by atoms with Crippen molar-refractivity contribution in [3.8, 4) is 0 Å². The Morgan fingerprint density at radius 2 is 2.03 bits per heavy atom. The first-order chi connectivity index (χ1) is 14.6. The van der Waals surface area contributed by atoms with Gasteiger partial charge in [0.15, 0.2) is 0 Å². The van der Waals surface area contributed by atoms with Gasteiger partial charge in [-0.2, -0.15) is 0 Å². The van der Waals surface area contributed by atoms with Gasteiger partial charge in [-0.3, -0.25) is 19.6 Å². The summed E-state index contributed by atoms with van der Waals surface area (Å²) in [6.07, 6.45) is 2.65. The molecule has 156 valence electrons. The first-order valence-corrected chi connectivity index (χ1v) is 10.1. The van der Waals surface area contributed by atoms with Gasteiger partial charge in [-0.25, -0.2) is 9.98 Å². The number of carbonyl (C=O) groups excluding carboxylic acids is 1. The maximum atomic E-state index is 13.0. The van der Waals surface area contributed by atoms with Crippen molar-refractivity contribution in [3.63, 3.8) is 0 Å². The third-order valence-electron chi connectivity index (χ3n) is 5.09. The quantitative estimate of drug-likeness (QED) is 0.680. The van der Waals surface area contributed by atoms with E-state index in [1.54, 1.807) is 7.11 Å². The van der Waals surface area contributed by atoms with Crippen LogP contribution in [-0.2, 0) is 17.7 Å². The Kier molecular flexibility index (Phi) is 5.56. The summed E-state index contributed by atoms with van der Waals surface area (Å²) < 4.78 is 7.04. The lowest BCUT2D eigenvalue weighted by molar-refractivity contribution is 0.0944. The molecule has 0 radical (unpaired) electrons. The summed E-state index contributed by atoms with van der Waals surface area (Å²) in [4.78, 5) is 21.8. The Labute approximate surface area is 175 Å². The van der Waals surface area contributed by atoms with Crippen LogP contribution in [0.5, 0.6) is 0 Å². The molecular formula is C22H26N6O2. The number of nitrogens with one attached hydrogen (secondary N) is 2. The Morgan fingerprint density at radius 1 is 1.23 bits per heavy atom. The predicted molar refractivity (Wildman–Crippen MR) is 117 cm³/mol. The van der Waals surface area contributed by atoms with Gasteiger partial charge in [-0.15, -0.1) is 0 Å². The largest absolute Gasteiger partial charge is 0.467 e. The molecule has 0 spiro atoms. The van der Waals surface area contributed by atoms with Crippen LogP contribution in [0.3, 0.4) is 0 Å². The van der Waals surface area contributed by atoms with E-state index in [4.69, 9.17) is 4.74 Å². The maximum Gasteiger partial charge on any atom is 0.303 e. The average molecular weight is 406 g/mol. The normalized spacial score (nSPS) is 13.7. The second-order valence-corrected chi connectivity index (χ2v) is 7.20. The van der Waals surface area contributed by atoms with Crippen molar-refractivity contribution in [1.29, 1.82) is 0 Å². The first-order valence-electron chi connectivity index (χ1n) is 10.1. The summed E-state index contributed by atoms with van der Waals surface area (Å²) in [5.41, 5.74) is 8.45. The van der Waals surface area contributed by atoms with Crippen LogP contribution >= 0.6 is 0 Å². The molecule has 0 saturated carbocycles. The number of imidazole rings is 1. The highest BCUT2D eigenvalue weighted by Crippen LogP contribution is 2.17. The van der Waals surface area contributed by atoms with Crippen molar-refractivity contribution in [2.75, 3.05) is 25.2 Å². The lowest BCUT2D eigenvalue weighted by Gasteiger charge is -2.29. The third-order valence-corrected chi connectivity index (χ3v) is 5.09. The lowest BCUT2D eigenvalue weighted by atomic mass is 10.2. The number of amides is 1. The minimum atomic E-state index is -0.118. The lowest BCUT2D eigenvalue weighted by Crippen LogP contribution is -2.48. The number of aryl methyl sites for hydroxylation is 2. The van der Waals surface area contributed by atoms with Crippen molar-refractivity contribution in [3.05, 3.63) is 65.1 Å². The Balaban J connectivity index is 1.45. The number of pyridine rings is 1. The number of methoxy groups -OCH3 is 1. The Bertz CT molecular complexity index is 1090. The summed E-state index contributed by atoms with van der Waals surface area (Å²) in [5, 5.41) is 5.02. The smallest absolute Gasteiger partial charge is 0.303 e. The molecule has 2 N–H and O–H groups in total. The molecule has 1 aliphatic rings. The van der Waals surface area contributed by atoms with E-state index in [2.05, 4.69) is 20.7 Å². The van der Waals surface area contributed by atoms with Crippen molar-refractivity contribution in [2.24, 2.45) is 4.99 Å². The number of hydrazine groups is 1. The summed E-state index contributed by atoms with van der Waals surface area (Å²) in [7, 11) is 1.59. The van der Waals surface area contributed by atoms with Gasteiger partial charge in [0.25, 0.3) is 5.91 Å². The highest BCUT2D eigenvalue weighted by atomic mass is 16.5. The molecule has 1 aromatic carbocycles. The number of hydrogen-bond donors (Lipinski definition) is 2. The monoisotopic (exact) mass is 406 g/mol. The molecule has 8 nitrogen and oxygen atoms in total. The van der Waals surface area contributed by atoms with Gasteiger partial charge in [-0.1, -0.05) is 25.1 Å². The number of aromatic nitrogens is 2. The van der Waals surface area contributed by atoms with E-state index >= 15 is 0 Å². The molecule has 2 aromatic heterocycles. The van der Waals surface area contributed by atoms with Crippen LogP contribution in [0, 0.1) is 6.92 Å². The van der Waals surface area contributed by atoms with E-state index in [-0.39, 0.29) is 5.91 Å². The van der Waals surface area contributed by atoms with Crippen molar-refractivity contribution < 1.29 is 9.53 Å². The molecule has 1 aliphatic heterocycles. The van der Waals surface area contributed by atoms with Crippen molar-refractivity contribution in [1.82, 2.24) is 20.1 Å². The molecule has 30 heavy (non-hydrogen) atoms. The molecule has 0 unspecified atom stereocenters. The SMILES string of the molecule is CCc1nc2ccc(C)cn2c1C(=O)NCc1ccc(N2CCN=C(OC)N2)cc1. The summed E-state index contributed by atoms with van der Waals surface area (Å²) >= 11 is 0. The zero-order valence-electron chi connectivity index (χ0n) is 17.5. The van der Waals surface area contributed by atoms with Crippen molar-refractivity contribution >= 4 is 23.3 Å². The predicted octanol–water partition coefficient (Wildman–Crippen LogP) is 2.46. The van der Waals surface area contributed by atoms with Gasteiger partial charge in [0.1, 0.15) is 11.3 Å². The molecule has 3 aromatic rings. The number of carbonyl (C=O) groups is 1. The van der Waals surface area contributed by atoms with Gasteiger partial charge < -0.3 is 10.1 Å². The van der Waals surface area contributed by atoms with Gasteiger partial charge in [0, 0.05) is 12.7 Å². The number of hydrogen-bond acceptors (Lipinski definition) is 6. The van der Waals surface area contributed by atoms with E-state index in [1.165, 1.54) is 0 Å². The second kappa shape index (κ2) is 8.44. The third kappa shape index (κ3) is 3.94. The van der Waals surface area contributed by atoms with Crippen LogP contribution in [-0.4, -0.2) is 41.5 Å². The van der Waals surface area contributed by atoms with Gasteiger partial charge in [0.2, 0.25) is 0 Å². The fourth-order valence-corrected chi connectivity index (χ4v) is 3.51. The Hall–Kier alpha value is -3.55. The number of fused-ring (bicyclic) bond motifs is 1. The molecule has 3 heterocycles. The average Bonchev–Trinajstić information content (AvgIpc) is 3.15. The molecule has 0 saturated heterocycles. The van der Waals surface area contributed by atoms with Crippen LogP contribution in [0.25, 0.3) is 5.65 Å². The van der Waals surface area contributed by atoms with Crippen molar-refractivity contribution in [2.45, 2.75) is 26.8 Å². The van der Waals surface area contributed by atoms with Crippen LogP contribution in [0.1, 0.15) is 34.2 Å². The number of amidine groups is 1. The van der Waals surface area contributed by atoms with Crippen LogP contribution in [0.4, 0.5) is 5.69 Å². The molecule has 0 aliphatic carbocycles. The number of rotatable bonds is 5. The molecule has 0 bridgehead atoms. The van der Waals surface area contributed by atoms with E-state index in [1.807, 2.05) is 65.9 Å². The number of nitrogens with zero attached hydrogens (tertiary/aromatic N) is 4. The van der Waals surface area contributed by atoms with E-state index in [0.717, 1.165) is 34.7 Å². The minimum absolute atomic E-state index is 0.118. The highest BCUT2D eigenvalue weighted by Gasteiger charge is 2.18. The molecule has 8 heteroatoms. The molecule has 1 amide bonds. The molecular weight excluding hydrogens is 380 g/mol. The van der Waals surface area contributed by atoms with Crippen LogP contribution < -0.4 is 15.8 Å². The number of anilines is 1. The maximum absolute atomic E-state index is 13.0. The van der Waals surface area contributed by atoms with E-state index < -0.39 is 0 Å². The Morgan fingerprint density at radius 3 is 2.77 bits per heavy atom. The molecule has 0 atom stereocenters. The first kappa shape index (κ1) is 19.8. The van der Waals surface area contributed by atoms with Gasteiger partial charge >= 0.3 is 6.02 Å². The highest BCUT2D eigenvalue weighted by molar-refractivity contribution is 5.94. The summed E-state index contributed by atoms with van der Waals surface area (Å²) in [6.45, 7) is 5.90. The number of ether oxygens (including phenoxy) is 1. The zero-order chi connectivity index (χ0) is 21.1. The number of benzene rings is 1. The van der Waals surface area contributed by atoms with Crippen LogP contribution in [0.2, 0.25) is 0 Å². The number of aliphatic imine (C=N–C) groups is 1. The van der Waals surface area contributed by atoms with E-state index in [0.29, 0.717) is 31.2 Å². The minimum Gasteiger partial charge on any atom is -0.467 e. The van der Waals surface area contributed by atoms with Gasteiger partial charge in [0.05, 0.1) is 31.6 Å². The fourth-order valence-electron chi connectivity index (χ4n) is 3.51. The van der Waals surface area contributed by atoms with Crippen LogP contribution in [0.15, 0.2) is 47.6 Å². The standard InChI is InChI=1S/C22H26N6O2/c1-4-18-20(27-14-15(2)5-10-19(27)25-18)21(29)24-13-16-6-8-17(9-7-16)28-12-11-23-22(26-28)30-3/h5-10,14H,4,11-13H2,1-3H3,(H,23,26)(H,24,29). The molecule has 0 fully saturated rings. The van der Waals surface area contributed by atoms with Gasteiger partial charge in [-0.05, 0) is 42.7 Å². The summed E-state index contributed by atoms with van der Waals surface area (Å²) in [5.74, 6) is -0.118. The summed E-state index contributed by atoms with van der Waals surface area (Å²) in [6, 6.07) is 12.5. The zero-order valence-corrected chi connectivity index (χ0v) is 17.5.